The van der Waals surface area contributed by atoms with Crippen molar-refractivity contribution in [1.29, 1.82) is 0 Å². The highest BCUT2D eigenvalue weighted by molar-refractivity contribution is 7.60. The minimum atomic E-state index is -6.00. The summed E-state index contributed by atoms with van der Waals surface area (Å²) in [5.41, 5.74) is 3.68. The van der Waals surface area contributed by atoms with Gasteiger partial charge in [0.25, 0.3) is 0 Å². The molecule has 0 N–H and O–H groups in total. The number of hydrogen-bond donors (Lipinski definition) is 0. The first-order valence-electron chi connectivity index (χ1n) is 11.1. The van der Waals surface area contributed by atoms with Crippen molar-refractivity contribution in [3.05, 3.63) is 0 Å². The Morgan fingerprint density at radius 1 is 0.400 bits per heavy atom. The molecule has 0 nitrogen and oxygen atoms in total. The normalized spacial score (nSPS) is 22.3. The molecule has 0 bridgehead atoms. The van der Waals surface area contributed by atoms with Gasteiger partial charge in [0.15, 0.2) is 0 Å². The molecule has 0 heterocycles. The summed E-state index contributed by atoms with van der Waals surface area (Å²) in [5, 5.41) is 0. The van der Waals surface area contributed by atoms with Gasteiger partial charge in [-0.3, -0.25) is 0 Å². The van der Waals surface area contributed by atoms with Crippen LogP contribution in [0.5, 0.6) is 0 Å². The number of hydrogen-bond acceptors (Lipinski definition) is 0. The predicted octanol–water partition coefficient (Wildman–Crippen LogP) is 8.59. The molecule has 0 aliphatic heterocycles. The highest BCUT2D eigenvalue weighted by atomic mass is 31.1. The first-order valence-corrected chi connectivity index (χ1v) is 12.8. The van der Waals surface area contributed by atoms with E-state index in [9.17, 15) is 34.5 Å². The molecule has 0 spiro atoms. The molecule has 12 heteroatoms. The lowest BCUT2D eigenvalue weighted by Crippen LogP contribution is -2.28. The molecule has 0 aromatic heterocycles. The van der Waals surface area contributed by atoms with Crippen LogP contribution in [-0.2, 0) is 0 Å². The van der Waals surface area contributed by atoms with Gasteiger partial charge in [-0.2, -0.15) is 0 Å². The van der Waals surface area contributed by atoms with E-state index in [0.29, 0.717) is 0 Å². The highest BCUT2D eigenvalue weighted by Gasteiger charge is 2.42. The third-order valence-electron chi connectivity index (χ3n) is 6.23. The summed E-state index contributed by atoms with van der Waals surface area (Å²) in [7, 11) is -12.0. The van der Waals surface area contributed by atoms with Gasteiger partial charge in [0.1, 0.15) is 0 Å². The van der Waals surface area contributed by atoms with Gasteiger partial charge >= 0.3 is 14.5 Å². The van der Waals surface area contributed by atoms with E-state index >= 15 is 0 Å². The molecule has 3 rings (SSSR count). The van der Waals surface area contributed by atoms with Gasteiger partial charge in [-0.25, -0.2) is 0 Å². The SMILES string of the molecule is C1CCC([PH+](C2CCCCC2)C2CCCCC2)CC1.F[B-](F)(F)F.F[B-](F)(F)F.[PH4+]. The summed E-state index contributed by atoms with van der Waals surface area (Å²) in [5.74, 6) is 0. The second-order valence-electron chi connectivity index (χ2n) is 8.49. The van der Waals surface area contributed by atoms with Crippen molar-refractivity contribution >= 4 is 32.3 Å². The van der Waals surface area contributed by atoms with Gasteiger partial charge < -0.3 is 34.5 Å². The zero-order chi connectivity index (χ0) is 21.9. The molecule has 30 heavy (non-hydrogen) atoms. The van der Waals surface area contributed by atoms with Crippen LogP contribution in [0.25, 0.3) is 0 Å². The molecule has 1 unspecified atom stereocenters. The molecule has 182 valence electrons. The molecule has 3 fully saturated rings. The second kappa shape index (κ2) is 15.3. The molecule has 0 saturated heterocycles. The van der Waals surface area contributed by atoms with Crippen LogP contribution >= 0.6 is 17.8 Å². The van der Waals surface area contributed by atoms with Crippen molar-refractivity contribution in [2.75, 3.05) is 0 Å². The maximum Gasteiger partial charge on any atom is 0.673 e. The molecule has 1 atom stereocenters. The van der Waals surface area contributed by atoms with Gasteiger partial charge in [-0.15, -0.1) is 0 Å². The van der Waals surface area contributed by atoms with Crippen molar-refractivity contribution < 1.29 is 34.5 Å². The lowest BCUT2D eigenvalue weighted by Gasteiger charge is -2.38. The fourth-order valence-corrected chi connectivity index (χ4v) is 10.5. The summed E-state index contributed by atoms with van der Waals surface area (Å²) in [6.07, 6.45) is 23.8. The third-order valence-corrected chi connectivity index (χ3v) is 10.8. The molecular formula is C18H38B2F8P2. The lowest BCUT2D eigenvalue weighted by molar-refractivity contribution is 0.366. The van der Waals surface area contributed by atoms with E-state index in [1.807, 2.05) is 0 Å². The van der Waals surface area contributed by atoms with Crippen LogP contribution in [-0.4, -0.2) is 31.5 Å². The van der Waals surface area contributed by atoms with Crippen LogP contribution in [0, 0.1) is 0 Å². The Labute approximate surface area is 180 Å². The van der Waals surface area contributed by atoms with Crippen molar-refractivity contribution in [2.24, 2.45) is 0 Å². The number of rotatable bonds is 3. The van der Waals surface area contributed by atoms with E-state index in [0.717, 1.165) is 0 Å². The van der Waals surface area contributed by atoms with Crippen molar-refractivity contribution in [3.63, 3.8) is 0 Å². The Hall–Kier alpha value is 0.430. The predicted molar refractivity (Wildman–Crippen MR) is 122 cm³/mol. The summed E-state index contributed by atoms with van der Waals surface area (Å²) >= 11 is 0. The Kier molecular flexibility index (Phi) is 15.5. The van der Waals surface area contributed by atoms with Crippen LogP contribution in [0.3, 0.4) is 0 Å². The van der Waals surface area contributed by atoms with Crippen molar-refractivity contribution in [3.8, 4) is 0 Å². The molecule has 0 aromatic carbocycles. The Bertz CT molecular complexity index is 353. The molecule has 0 aromatic rings. The molecule has 3 saturated carbocycles. The minimum Gasteiger partial charge on any atom is -0.418 e. The van der Waals surface area contributed by atoms with Crippen LogP contribution in [0.2, 0.25) is 0 Å². The third kappa shape index (κ3) is 16.1. The van der Waals surface area contributed by atoms with E-state index in [1.54, 1.807) is 96.3 Å². The maximum absolute atomic E-state index is 9.75. The first kappa shape index (κ1) is 30.4. The maximum atomic E-state index is 9.75. The average Bonchev–Trinajstić information content (AvgIpc) is 2.62. The van der Waals surface area contributed by atoms with Crippen LogP contribution in [0.1, 0.15) is 96.3 Å². The standard InChI is InChI=1S/C18H33P.2BF4.H3P/c1-4-10-16(11-5-1)19(17-12-6-2-7-13-17)18-14-8-3-9-15-18;2*2-1(3,4)5;/h16-18H,1-15H2;;;1H3/q;2*-1;/p+2. The van der Waals surface area contributed by atoms with E-state index in [-0.39, 0.29) is 17.8 Å². The quantitative estimate of drug-likeness (QED) is 0.211. The molecule has 0 amide bonds. The monoisotopic (exact) mass is 490 g/mol. The molecule has 3 aliphatic rings. The Morgan fingerprint density at radius 2 is 0.567 bits per heavy atom. The largest absolute Gasteiger partial charge is 0.673 e. The van der Waals surface area contributed by atoms with E-state index in [1.165, 1.54) is 17.0 Å². The van der Waals surface area contributed by atoms with Crippen LogP contribution in [0.15, 0.2) is 0 Å². The fourth-order valence-electron chi connectivity index (χ4n) is 5.31. The molecule has 0 radical (unpaired) electrons. The van der Waals surface area contributed by atoms with Crippen LogP contribution in [0.4, 0.5) is 34.5 Å². The summed E-state index contributed by atoms with van der Waals surface area (Å²) in [6, 6.07) is 0. The summed E-state index contributed by atoms with van der Waals surface area (Å²) < 4.78 is 78.0. The van der Waals surface area contributed by atoms with E-state index < -0.39 is 14.5 Å². The Balaban J connectivity index is 0.000000646. The van der Waals surface area contributed by atoms with Gasteiger partial charge in [-0.05, 0) is 86.9 Å². The van der Waals surface area contributed by atoms with Crippen molar-refractivity contribution in [1.82, 2.24) is 0 Å². The topological polar surface area (TPSA) is 0 Å². The van der Waals surface area contributed by atoms with Gasteiger partial charge in [-0.1, -0.05) is 19.3 Å². The van der Waals surface area contributed by atoms with Gasteiger partial charge in [0, 0.05) is 7.92 Å². The molecule has 3 aliphatic carbocycles. The Morgan fingerprint density at radius 3 is 0.733 bits per heavy atom. The fraction of sp³-hybridized carbons (Fsp3) is 1.00. The van der Waals surface area contributed by atoms with Crippen LogP contribution < -0.4 is 0 Å². The second-order valence-corrected chi connectivity index (χ2v) is 11.9. The summed E-state index contributed by atoms with van der Waals surface area (Å²) in [6.45, 7) is 0. The zero-order valence-corrected chi connectivity index (χ0v) is 21.0. The van der Waals surface area contributed by atoms with Gasteiger partial charge in [0.05, 0.1) is 17.0 Å². The van der Waals surface area contributed by atoms with Gasteiger partial charge in [0.2, 0.25) is 0 Å². The van der Waals surface area contributed by atoms with E-state index in [2.05, 4.69) is 0 Å². The lowest BCUT2D eigenvalue weighted by atomic mass is 9.99. The minimum absolute atomic E-state index is 0. The zero-order valence-electron chi connectivity index (χ0n) is 18.0. The average molecular weight is 490 g/mol. The summed E-state index contributed by atoms with van der Waals surface area (Å²) in [4.78, 5) is 0. The molecular weight excluding hydrogens is 452 g/mol. The highest BCUT2D eigenvalue weighted by Crippen LogP contribution is 2.61. The van der Waals surface area contributed by atoms with Crippen molar-refractivity contribution in [2.45, 2.75) is 113 Å². The number of halogens is 8. The van der Waals surface area contributed by atoms with E-state index in [4.69, 9.17) is 0 Å². The first-order chi connectivity index (χ1) is 13.4. The smallest absolute Gasteiger partial charge is 0.418 e.